The number of nitriles is 1. The third-order valence-corrected chi connectivity index (χ3v) is 4.27. The second-order valence-electron chi connectivity index (χ2n) is 5.65. The highest BCUT2D eigenvalue weighted by Gasteiger charge is 2.31. The van der Waals surface area contributed by atoms with E-state index in [0.29, 0.717) is 10.8 Å². The van der Waals surface area contributed by atoms with Crippen LogP contribution in [0.3, 0.4) is 0 Å². The summed E-state index contributed by atoms with van der Waals surface area (Å²) in [5.41, 5.74) is 1.81. The number of aromatic nitrogens is 1. The number of halogens is 1. The van der Waals surface area contributed by atoms with Gasteiger partial charge < -0.3 is 19.5 Å². The third kappa shape index (κ3) is 3.03. The highest BCUT2D eigenvalue weighted by Crippen LogP contribution is 2.40. The first-order chi connectivity index (χ1) is 12.4. The molecule has 0 aliphatic carbocycles. The topological polar surface area (TPSA) is 89.4 Å². The molecule has 2 aromatic rings. The third-order valence-electron chi connectivity index (χ3n) is 4.06. The lowest BCUT2D eigenvalue weighted by Gasteiger charge is -2.19. The van der Waals surface area contributed by atoms with Crippen LogP contribution in [0.2, 0.25) is 5.02 Å². The maximum atomic E-state index is 12.5. The van der Waals surface area contributed by atoms with Crippen LogP contribution in [0.5, 0.6) is 0 Å². The predicted octanol–water partition coefficient (Wildman–Crippen LogP) is 2.72. The second kappa shape index (κ2) is 6.94. The summed E-state index contributed by atoms with van der Waals surface area (Å²) in [6.45, 7) is -0.542. The first-order valence-corrected chi connectivity index (χ1v) is 8.07. The number of ketones is 1. The Morgan fingerprint density at radius 2 is 1.85 bits per heavy atom. The molecule has 0 saturated carbocycles. The average Bonchev–Trinajstić information content (AvgIpc) is 3.18. The van der Waals surface area contributed by atoms with Crippen LogP contribution in [-0.4, -0.2) is 37.4 Å². The normalized spacial score (nSPS) is 12.6. The largest absolute Gasteiger partial charge is 0.453 e. The van der Waals surface area contributed by atoms with Crippen molar-refractivity contribution in [3.05, 3.63) is 58.6 Å². The summed E-state index contributed by atoms with van der Waals surface area (Å²) in [5.74, 6) is -0.860. The lowest BCUT2D eigenvalue weighted by molar-refractivity contribution is -0.118. The number of hydrogen-bond acceptors (Lipinski definition) is 6. The quantitative estimate of drug-likeness (QED) is 0.505. The van der Waals surface area contributed by atoms with E-state index >= 15 is 0 Å². The van der Waals surface area contributed by atoms with Gasteiger partial charge in [0, 0.05) is 20.3 Å². The number of carbonyl (C=O) groups is 2. The first-order valence-electron chi connectivity index (χ1n) is 7.69. The second-order valence-corrected chi connectivity index (χ2v) is 6.08. The molecule has 2 heterocycles. The number of anilines is 2. The number of Topliss-reactive ketones (excluding diaryl/α,β-unsaturated/α-hetero) is 1. The molecule has 3 rings (SSSR count). The number of benzene rings is 1. The molecule has 0 spiro atoms. The number of hydrogen-bond donors (Lipinski definition) is 1. The molecule has 26 heavy (non-hydrogen) atoms. The monoisotopic (exact) mass is 370 g/mol. The fraction of sp³-hybridized carbons (Fsp3) is 0.167. The van der Waals surface area contributed by atoms with Crippen molar-refractivity contribution in [3.63, 3.8) is 0 Å². The number of fused-ring (bicyclic) bond motifs is 1. The molecule has 8 heteroatoms. The highest BCUT2D eigenvalue weighted by atomic mass is 35.5. The SMILES string of the molecule is CN1C(=C(C#N)C(=O)COC(=O)c2cc(Cl)c[nH]2)N(C)c2ccccc21. The number of nitrogens with one attached hydrogen (secondary N) is 1. The maximum Gasteiger partial charge on any atom is 0.355 e. The summed E-state index contributed by atoms with van der Waals surface area (Å²) in [6, 6.07) is 10.9. The molecule has 0 bridgehead atoms. The van der Waals surface area contributed by atoms with Gasteiger partial charge in [-0.15, -0.1) is 0 Å². The van der Waals surface area contributed by atoms with Crippen LogP contribution in [-0.2, 0) is 9.53 Å². The van der Waals surface area contributed by atoms with Crippen molar-refractivity contribution in [3.8, 4) is 6.07 Å². The molecule has 0 fully saturated rings. The summed E-state index contributed by atoms with van der Waals surface area (Å²) < 4.78 is 4.99. The maximum absolute atomic E-state index is 12.5. The molecule has 7 nitrogen and oxygen atoms in total. The van der Waals surface area contributed by atoms with Crippen molar-refractivity contribution in [2.75, 3.05) is 30.5 Å². The fourth-order valence-electron chi connectivity index (χ4n) is 2.82. The van der Waals surface area contributed by atoms with Gasteiger partial charge in [0.1, 0.15) is 23.2 Å². The minimum atomic E-state index is -0.719. The van der Waals surface area contributed by atoms with Gasteiger partial charge in [-0.2, -0.15) is 5.26 Å². The molecule has 0 saturated heterocycles. The van der Waals surface area contributed by atoms with Crippen molar-refractivity contribution < 1.29 is 14.3 Å². The summed E-state index contributed by atoms with van der Waals surface area (Å²) in [5, 5.41) is 9.87. The van der Waals surface area contributed by atoms with Gasteiger partial charge >= 0.3 is 5.97 Å². The number of ether oxygens (including phenoxy) is 1. The van der Waals surface area contributed by atoms with Crippen LogP contribution in [0.25, 0.3) is 0 Å². The molecule has 0 amide bonds. The Bertz CT molecular complexity index is 926. The molecule has 1 aliphatic rings. The molecule has 1 aromatic carbocycles. The van der Waals surface area contributed by atoms with Crippen LogP contribution >= 0.6 is 11.6 Å². The van der Waals surface area contributed by atoms with E-state index in [2.05, 4.69) is 4.98 Å². The van der Waals surface area contributed by atoms with Gasteiger partial charge in [-0.25, -0.2) is 4.79 Å². The zero-order chi connectivity index (χ0) is 18.8. The lowest BCUT2D eigenvalue weighted by atomic mass is 10.2. The Morgan fingerprint density at radius 1 is 1.23 bits per heavy atom. The zero-order valence-corrected chi connectivity index (χ0v) is 14.9. The minimum absolute atomic E-state index is 0.0801. The molecule has 0 radical (unpaired) electrons. The van der Waals surface area contributed by atoms with Crippen LogP contribution in [0.15, 0.2) is 47.9 Å². The van der Waals surface area contributed by atoms with E-state index in [1.165, 1.54) is 12.3 Å². The average molecular weight is 371 g/mol. The predicted molar refractivity (Wildman–Crippen MR) is 97.0 cm³/mol. The summed E-state index contributed by atoms with van der Waals surface area (Å²) >= 11 is 5.73. The van der Waals surface area contributed by atoms with Gasteiger partial charge in [0.15, 0.2) is 6.61 Å². The van der Waals surface area contributed by atoms with Crippen molar-refractivity contribution >= 4 is 34.7 Å². The number of aromatic amines is 1. The van der Waals surface area contributed by atoms with E-state index in [-0.39, 0.29) is 11.3 Å². The number of esters is 1. The van der Waals surface area contributed by atoms with Gasteiger partial charge in [0.25, 0.3) is 0 Å². The van der Waals surface area contributed by atoms with Crippen LogP contribution in [0, 0.1) is 11.3 Å². The van der Waals surface area contributed by atoms with E-state index in [9.17, 15) is 14.9 Å². The number of H-pyrrole nitrogens is 1. The molecule has 1 aromatic heterocycles. The van der Waals surface area contributed by atoms with Crippen LogP contribution in [0.1, 0.15) is 10.5 Å². The van der Waals surface area contributed by atoms with E-state index in [1.807, 2.05) is 30.3 Å². The Balaban J connectivity index is 1.80. The van der Waals surface area contributed by atoms with Crippen molar-refractivity contribution in [1.29, 1.82) is 5.26 Å². The molecular weight excluding hydrogens is 356 g/mol. The molecule has 0 atom stereocenters. The standard InChI is InChI=1S/C18H15ClN4O3/c1-22-14-5-3-4-6-15(14)23(2)17(22)12(8-20)16(24)10-26-18(25)13-7-11(19)9-21-13/h3-7,9,21H,10H2,1-2H3. The number of rotatable bonds is 4. The molecule has 132 valence electrons. The highest BCUT2D eigenvalue weighted by molar-refractivity contribution is 6.30. The molecular formula is C18H15ClN4O3. The fourth-order valence-corrected chi connectivity index (χ4v) is 2.99. The van der Waals surface area contributed by atoms with Crippen LogP contribution < -0.4 is 9.80 Å². The van der Waals surface area contributed by atoms with Gasteiger partial charge in [-0.1, -0.05) is 23.7 Å². The van der Waals surface area contributed by atoms with E-state index in [1.54, 1.807) is 23.9 Å². The van der Waals surface area contributed by atoms with E-state index < -0.39 is 18.4 Å². The summed E-state index contributed by atoms with van der Waals surface area (Å²) in [6.07, 6.45) is 1.43. The van der Waals surface area contributed by atoms with Gasteiger partial charge in [-0.05, 0) is 18.2 Å². The Hall–Kier alpha value is -3.24. The van der Waals surface area contributed by atoms with Gasteiger partial charge in [0.2, 0.25) is 5.78 Å². The Labute approximate surface area is 155 Å². The Kier molecular flexibility index (Phi) is 4.69. The van der Waals surface area contributed by atoms with E-state index in [0.717, 1.165) is 11.4 Å². The van der Waals surface area contributed by atoms with Crippen LogP contribution in [0.4, 0.5) is 11.4 Å². The van der Waals surface area contributed by atoms with Gasteiger partial charge in [0.05, 0.1) is 16.4 Å². The lowest BCUT2D eigenvalue weighted by Crippen LogP contribution is -2.27. The first kappa shape index (κ1) is 17.6. The minimum Gasteiger partial charge on any atom is -0.453 e. The van der Waals surface area contributed by atoms with Crippen molar-refractivity contribution in [1.82, 2.24) is 4.98 Å². The van der Waals surface area contributed by atoms with Crippen molar-refractivity contribution in [2.45, 2.75) is 0 Å². The zero-order valence-electron chi connectivity index (χ0n) is 14.1. The Morgan fingerprint density at radius 3 is 2.35 bits per heavy atom. The number of para-hydroxylation sites is 2. The van der Waals surface area contributed by atoms with E-state index in [4.69, 9.17) is 16.3 Å². The summed E-state index contributed by atoms with van der Waals surface area (Å²) in [7, 11) is 3.55. The molecule has 1 aliphatic heterocycles. The summed E-state index contributed by atoms with van der Waals surface area (Å²) in [4.78, 5) is 30.6. The van der Waals surface area contributed by atoms with Crippen molar-refractivity contribution in [2.24, 2.45) is 0 Å². The molecule has 0 unspecified atom stereocenters. The number of nitrogens with zero attached hydrogens (tertiary/aromatic N) is 3. The van der Waals surface area contributed by atoms with Gasteiger partial charge in [-0.3, -0.25) is 4.79 Å². The molecule has 1 N–H and O–H groups in total. The number of carbonyl (C=O) groups excluding carboxylic acids is 2. The smallest absolute Gasteiger partial charge is 0.355 e.